The molecular formula is C30H23N7O4S. The van der Waals surface area contributed by atoms with Crippen LogP contribution in [-0.2, 0) is 11.8 Å². The van der Waals surface area contributed by atoms with E-state index in [2.05, 4.69) is 10.3 Å². The SMILES string of the molecule is Cc1c(N=C2NC(=O)/C(=C/c3cn(-c4ccccc4)nc3-c3ccc([N+](=O)[O-])cc3)S2)c(=O)n(-c2ccccc2)n1C. The molecule has 1 aliphatic heterocycles. The van der Waals surface area contributed by atoms with Gasteiger partial charge in [-0.1, -0.05) is 36.4 Å². The summed E-state index contributed by atoms with van der Waals surface area (Å²) in [7, 11) is 1.78. The summed E-state index contributed by atoms with van der Waals surface area (Å²) in [5, 5.41) is 18.9. The zero-order chi connectivity index (χ0) is 29.4. The summed E-state index contributed by atoms with van der Waals surface area (Å²) < 4.78 is 4.94. The first-order valence-electron chi connectivity index (χ1n) is 12.8. The third-order valence-corrected chi connectivity index (χ3v) is 7.70. The fourth-order valence-electron chi connectivity index (χ4n) is 4.58. The second-order valence-corrected chi connectivity index (χ2v) is 10.4. The van der Waals surface area contributed by atoms with E-state index in [4.69, 9.17) is 5.10 Å². The van der Waals surface area contributed by atoms with Gasteiger partial charge in [0.2, 0.25) is 0 Å². The van der Waals surface area contributed by atoms with Crippen LogP contribution < -0.4 is 10.9 Å². The molecule has 1 amide bonds. The van der Waals surface area contributed by atoms with Gasteiger partial charge < -0.3 is 5.32 Å². The first kappa shape index (κ1) is 26.7. The molecule has 1 saturated heterocycles. The number of amides is 1. The highest BCUT2D eigenvalue weighted by Gasteiger charge is 2.27. The average Bonchev–Trinajstić information content (AvgIpc) is 3.64. The lowest BCUT2D eigenvalue weighted by molar-refractivity contribution is -0.384. The van der Waals surface area contributed by atoms with Gasteiger partial charge in [-0.15, -0.1) is 0 Å². The van der Waals surface area contributed by atoms with E-state index < -0.39 is 4.92 Å². The van der Waals surface area contributed by atoms with Crippen LogP contribution in [0.5, 0.6) is 0 Å². The Bertz CT molecular complexity index is 1950. The Kier molecular flexibility index (Phi) is 6.88. The number of hydrogen-bond donors (Lipinski definition) is 1. The number of aliphatic imine (C=N–C) groups is 1. The van der Waals surface area contributed by atoms with Crippen LogP contribution in [0.1, 0.15) is 11.3 Å². The molecular weight excluding hydrogens is 554 g/mol. The highest BCUT2D eigenvalue weighted by molar-refractivity contribution is 8.18. The quantitative estimate of drug-likeness (QED) is 0.169. The van der Waals surface area contributed by atoms with Crippen molar-refractivity contribution in [1.29, 1.82) is 0 Å². The number of amidine groups is 1. The van der Waals surface area contributed by atoms with E-state index in [1.54, 1.807) is 47.7 Å². The van der Waals surface area contributed by atoms with Gasteiger partial charge in [0.1, 0.15) is 0 Å². The van der Waals surface area contributed by atoms with Gasteiger partial charge in [0.25, 0.3) is 17.2 Å². The van der Waals surface area contributed by atoms with Crippen LogP contribution in [0.3, 0.4) is 0 Å². The van der Waals surface area contributed by atoms with Crippen molar-refractivity contribution in [1.82, 2.24) is 24.5 Å². The molecule has 11 nitrogen and oxygen atoms in total. The summed E-state index contributed by atoms with van der Waals surface area (Å²) in [4.78, 5) is 41.9. The number of aromatic nitrogens is 4. The molecule has 0 saturated carbocycles. The van der Waals surface area contributed by atoms with Crippen molar-refractivity contribution in [2.45, 2.75) is 6.92 Å². The van der Waals surface area contributed by atoms with Crippen molar-refractivity contribution in [3.8, 4) is 22.6 Å². The average molecular weight is 578 g/mol. The summed E-state index contributed by atoms with van der Waals surface area (Å²) >= 11 is 1.12. The maximum Gasteiger partial charge on any atom is 0.297 e. The minimum Gasteiger partial charge on any atom is -0.300 e. The minimum atomic E-state index is -0.460. The minimum absolute atomic E-state index is 0.0322. The van der Waals surface area contributed by atoms with Gasteiger partial charge in [0.05, 0.1) is 32.6 Å². The van der Waals surface area contributed by atoms with E-state index >= 15 is 0 Å². The lowest BCUT2D eigenvalue weighted by atomic mass is 10.1. The molecule has 1 N–H and O–H groups in total. The third kappa shape index (κ3) is 4.95. The van der Waals surface area contributed by atoms with Crippen molar-refractivity contribution in [2.75, 3.05) is 0 Å². The zero-order valence-corrected chi connectivity index (χ0v) is 23.3. The number of nitrogens with one attached hydrogen (secondary N) is 1. The fourth-order valence-corrected chi connectivity index (χ4v) is 5.40. The Morgan fingerprint density at radius 1 is 0.952 bits per heavy atom. The van der Waals surface area contributed by atoms with Crippen LogP contribution in [-0.4, -0.2) is 35.1 Å². The van der Waals surface area contributed by atoms with Gasteiger partial charge in [-0.25, -0.2) is 14.4 Å². The lowest BCUT2D eigenvalue weighted by Crippen LogP contribution is -2.21. The summed E-state index contributed by atoms with van der Waals surface area (Å²) in [5.74, 6) is -0.363. The predicted molar refractivity (Wildman–Crippen MR) is 162 cm³/mol. The van der Waals surface area contributed by atoms with E-state index in [0.717, 1.165) is 17.4 Å². The molecule has 0 radical (unpaired) electrons. The number of nitro benzene ring substituents is 1. The van der Waals surface area contributed by atoms with Crippen molar-refractivity contribution < 1.29 is 9.72 Å². The topological polar surface area (TPSA) is 129 Å². The summed E-state index contributed by atoms with van der Waals surface area (Å²) in [6.07, 6.45) is 3.49. The molecule has 0 spiro atoms. The number of para-hydroxylation sites is 2. The van der Waals surface area contributed by atoms with Gasteiger partial charge in [-0.2, -0.15) is 5.10 Å². The van der Waals surface area contributed by atoms with Gasteiger partial charge in [-0.3, -0.25) is 24.4 Å². The van der Waals surface area contributed by atoms with E-state index in [9.17, 15) is 19.7 Å². The van der Waals surface area contributed by atoms with Crippen molar-refractivity contribution in [3.05, 3.63) is 128 Å². The van der Waals surface area contributed by atoms with E-state index in [1.807, 2.05) is 60.7 Å². The molecule has 208 valence electrons. The summed E-state index contributed by atoms with van der Waals surface area (Å²) in [5.41, 5.74) is 3.89. The van der Waals surface area contributed by atoms with Crippen LogP contribution >= 0.6 is 11.8 Å². The molecule has 3 heterocycles. The number of rotatable bonds is 6. The summed E-state index contributed by atoms with van der Waals surface area (Å²) in [6.45, 7) is 1.80. The molecule has 0 atom stereocenters. The molecule has 6 rings (SSSR count). The van der Waals surface area contributed by atoms with Crippen LogP contribution in [0.25, 0.3) is 28.7 Å². The highest BCUT2D eigenvalue weighted by atomic mass is 32.2. The Hall–Kier alpha value is -5.49. The van der Waals surface area contributed by atoms with Crippen molar-refractivity contribution in [2.24, 2.45) is 12.0 Å². The van der Waals surface area contributed by atoms with Gasteiger partial charge in [-0.05, 0) is 61.2 Å². The molecule has 5 aromatic rings. The molecule has 12 heteroatoms. The smallest absolute Gasteiger partial charge is 0.297 e. The van der Waals surface area contributed by atoms with Crippen LogP contribution in [0.4, 0.5) is 11.4 Å². The maximum atomic E-state index is 13.3. The van der Waals surface area contributed by atoms with Crippen LogP contribution in [0, 0.1) is 17.0 Å². The first-order valence-corrected chi connectivity index (χ1v) is 13.7. The van der Waals surface area contributed by atoms with E-state index in [0.29, 0.717) is 33.1 Å². The Morgan fingerprint density at radius 3 is 2.24 bits per heavy atom. The van der Waals surface area contributed by atoms with Crippen LogP contribution in [0.15, 0.2) is 106 Å². The number of benzene rings is 3. The Morgan fingerprint density at radius 2 is 1.60 bits per heavy atom. The highest BCUT2D eigenvalue weighted by Crippen LogP contribution is 2.32. The maximum absolute atomic E-state index is 13.3. The molecule has 2 aromatic heterocycles. The molecule has 3 aromatic carbocycles. The lowest BCUT2D eigenvalue weighted by Gasteiger charge is -2.07. The second kappa shape index (κ2) is 10.8. The first-order chi connectivity index (χ1) is 20.3. The molecule has 0 aliphatic carbocycles. The zero-order valence-electron chi connectivity index (χ0n) is 22.5. The van der Waals surface area contributed by atoms with E-state index in [-0.39, 0.29) is 28.0 Å². The largest absolute Gasteiger partial charge is 0.300 e. The second-order valence-electron chi connectivity index (χ2n) is 9.41. The van der Waals surface area contributed by atoms with E-state index in [1.165, 1.54) is 16.8 Å². The molecule has 42 heavy (non-hydrogen) atoms. The molecule has 1 aliphatic rings. The molecule has 0 unspecified atom stereocenters. The van der Waals surface area contributed by atoms with Crippen LogP contribution in [0.2, 0.25) is 0 Å². The normalized spacial score (nSPS) is 15.0. The number of carbonyl (C=O) groups excluding carboxylic acids is 1. The fraction of sp³-hybridized carbons (Fsp3) is 0.0667. The number of nitrogens with zero attached hydrogens (tertiary/aromatic N) is 6. The summed E-state index contributed by atoms with van der Waals surface area (Å²) in [6, 6.07) is 24.8. The molecule has 0 bridgehead atoms. The molecule has 1 fully saturated rings. The number of hydrogen-bond acceptors (Lipinski definition) is 7. The van der Waals surface area contributed by atoms with Gasteiger partial charge in [0, 0.05) is 36.5 Å². The van der Waals surface area contributed by atoms with Gasteiger partial charge >= 0.3 is 0 Å². The third-order valence-electron chi connectivity index (χ3n) is 6.79. The predicted octanol–water partition coefficient (Wildman–Crippen LogP) is 5.14. The van der Waals surface area contributed by atoms with Crippen molar-refractivity contribution >= 4 is 40.3 Å². The number of thioether (sulfide) groups is 1. The van der Waals surface area contributed by atoms with Crippen molar-refractivity contribution in [3.63, 3.8) is 0 Å². The standard InChI is InChI=1S/C30H23N7O4S/c1-19-26(29(39)36(34(19)2)23-11-7-4-8-12-23)31-30-32-28(38)25(42-30)17-21-18-35(22-9-5-3-6-10-22)33-27(21)20-13-15-24(16-14-20)37(40)41/h3-18H,1-2H3,(H,31,32,38)/b25-17-. The number of carbonyl (C=O) groups is 1. The number of nitro groups is 1. The Labute approximate surface area is 243 Å². The monoisotopic (exact) mass is 577 g/mol. The van der Waals surface area contributed by atoms with Gasteiger partial charge in [0.15, 0.2) is 10.9 Å². The number of non-ortho nitro benzene ring substituents is 1. The Balaban J connectivity index is 1.38.